The zero-order valence-electron chi connectivity index (χ0n) is 38.4. The largest absolute Gasteiger partial charge is 0.493 e. The number of nitriles is 2. The minimum Gasteiger partial charge on any atom is -0.493 e. The summed E-state index contributed by atoms with van der Waals surface area (Å²) in [6.45, 7) is 12.3. The van der Waals surface area contributed by atoms with E-state index in [4.69, 9.17) is 34.4 Å². The fourth-order valence-electron chi connectivity index (χ4n) is 9.43. The molecule has 0 saturated heterocycles. The lowest BCUT2D eigenvalue weighted by Gasteiger charge is -2.32. The minimum absolute atomic E-state index is 0.490. The predicted octanol–water partition coefficient (Wildman–Crippen LogP) is 13.4. The van der Waals surface area contributed by atoms with Crippen LogP contribution in [0.5, 0.6) is 11.5 Å². The molecule has 65 heavy (non-hydrogen) atoms. The van der Waals surface area contributed by atoms with Gasteiger partial charge >= 0.3 is 0 Å². The zero-order chi connectivity index (χ0) is 45.3. The van der Waals surface area contributed by atoms with Gasteiger partial charge in [0.25, 0.3) is 0 Å². The normalized spacial score (nSPS) is 18.6. The molecule has 0 radical (unpaired) electrons. The van der Waals surface area contributed by atoms with Crippen LogP contribution in [-0.2, 0) is 0 Å². The van der Waals surface area contributed by atoms with E-state index in [0.717, 1.165) is 76.7 Å². The molecule has 0 fully saturated rings. The molecule has 4 aromatic carbocycles. The van der Waals surface area contributed by atoms with Crippen LogP contribution in [0.3, 0.4) is 0 Å². The minimum atomic E-state index is -0.983. The van der Waals surface area contributed by atoms with Gasteiger partial charge in [0.1, 0.15) is 23.3 Å². The second-order valence-corrected chi connectivity index (χ2v) is 17.7. The molecular weight excluding hydrogens is 803 g/mol. The Hall–Kier alpha value is -6.71. The van der Waals surface area contributed by atoms with Gasteiger partial charge in [0.15, 0.2) is 0 Å². The number of unbranched alkanes of at least 4 members (excludes halogenated alkanes) is 2. The van der Waals surface area contributed by atoms with E-state index in [2.05, 4.69) is 58.9 Å². The highest BCUT2D eigenvalue weighted by atomic mass is 16.5. The molecule has 2 aliphatic rings. The number of aromatic nitrogens is 3. The van der Waals surface area contributed by atoms with E-state index in [9.17, 15) is 10.5 Å². The monoisotopic (exact) mass is 861 g/mol. The molecule has 0 spiro atoms. The van der Waals surface area contributed by atoms with Gasteiger partial charge in [-0.1, -0.05) is 115 Å². The summed E-state index contributed by atoms with van der Waals surface area (Å²) in [5, 5.41) is 23.4. The third kappa shape index (κ3) is 9.29. The maximum Gasteiger partial charge on any atom is 0.130 e. The number of rotatable bonds is 20. The van der Waals surface area contributed by atoms with Gasteiger partial charge in [-0.3, -0.25) is 20.0 Å². The van der Waals surface area contributed by atoms with Gasteiger partial charge < -0.3 is 9.47 Å². The quantitative estimate of drug-likeness (QED) is 0.0747. The fraction of sp³-hybridized carbons (Fsp3) is 0.375. The Morgan fingerprint density at radius 1 is 0.646 bits per heavy atom. The molecule has 0 amide bonds. The molecule has 330 valence electrons. The highest BCUT2D eigenvalue weighted by Gasteiger charge is 2.57. The van der Waals surface area contributed by atoms with Crippen LogP contribution in [0.4, 0.5) is 0 Å². The molecule has 2 aliphatic heterocycles. The van der Waals surface area contributed by atoms with Gasteiger partial charge in [0.2, 0.25) is 0 Å². The summed E-state index contributed by atoms with van der Waals surface area (Å²) in [4.78, 5) is 25.9. The van der Waals surface area contributed by atoms with Crippen LogP contribution in [0.25, 0.3) is 27.6 Å². The van der Waals surface area contributed by atoms with Crippen LogP contribution in [0.2, 0.25) is 0 Å². The molecule has 2 aromatic heterocycles. The zero-order valence-corrected chi connectivity index (χ0v) is 38.4. The highest BCUT2D eigenvalue weighted by Crippen LogP contribution is 2.59. The van der Waals surface area contributed by atoms with Crippen LogP contribution in [-0.4, -0.2) is 39.6 Å². The Balaban J connectivity index is 1.26. The fourth-order valence-corrected chi connectivity index (χ4v) is 9.43. The van der Waals surface area contributed by atoms with Crippen molar-refractivity contribution in [1.82, 2.24) is 15.0 Å². The van der Waals surface area contributed by atoms with E-state index in [1.165, 1.54) is 19.3 Å². The molecule has 0 bridgehead atoms. The van der Waals surface area contributed by atoms with E-state index in [-0.39, 0.29) is 0 Å². The Bertz CT molecular complexity index is 2800. The first-order valence-electron chi connectivity index (χ1n) is 23.6. The standard InChI is InChI=1S/C56H59N7O2/c1-6-10-16-37(8-3)35-64-42-27-22-40(23-28-42)52-51-53(44(32-57)47-31-26-39-18-12-13-19-46(39)60-47)63-54(41-24-29-43(30-25-41)65-36-38(9-4)17-11-7-2)56(51,5)55(62-52)45(33-58)50-34-59-48-20-14-15-21-49(48)61-50/h12-15,18-31,34,37-38,44-45,54H,6-11,16-17,35-36H2,1-5H3. The van der Waals surface area contributed by atoms with Gasteiger partial charge in [0, 0.05) is 16.5 Å². The molecule has 6 unspecified atom stereocenters. The van der Waals surface area contributed by atoms with Crippen molar-refractivity contribution in [2.45, 2.75) is 104 Å². The number of nitrogens with zero attached hydrogens (tertiary/aromatic N) is 7. The van der Waals surface area contributed by atoms with Gasteiger partial charge in [-0.05, 0) is 97.8 Å². The SMILES string of the molecule is CCCCC(CC)COc1ccc(C2=C3C(C(C#N)c4ccc5ccccc5n4)=NC(c4ccc(OCC(CC)CCCC)cc4)C3(C)C(C(C#N)c3cnc4ccccc4n3)=N2)cc1. The van der Waals surface area contributed by atoms with E-state index >= 15 is 0 Å². The molecule has 0 aliphatic carbocycles. The molecular formula is C56H59N7O2. The lowest BCUT2D eigenvalue weighted by atomic mass is 9.67. The lowest BCUT2D eigenvalue weighted by Crippen LogP contribution is -2.36. The lowest BCUT2D eigenvalue weighted by molar-refractivity contribution is 0.233. The summed E-state index contributed by atoms with van der Waals surface area (Å²) < 4.78 is 12.7. The number of hydrogen-bond acceptors (Lipinski definition) is 9. The van der Waals surface area contributed by atoms with Crippen molar-refractivity contribution in [3.63, 3.8) is 0 Å². The molecule has 4 heterocycles. The van der Waals surface area contributed by atoms with E-state index < -0.39 is 23.3 Å². The van der Waals surface area contributed by atoms with E-state index in [0.29, 0.717) is 59.1 Å². The van der Waals surface area contributed by atoms with Crippen LogP contribution < -0.4 is 9.47 Å². The molecule has 0 saturated carbocycles. The van der Waals surface area contributed by atoms with Crippen molar-refractivity contribution in [3.05, 3.63) is 143 Å². The molecule has 6 aromatic rings. The van der Waals surface area contributed by atoms with Gasteiger partial charge in [-0.15, -0.1) is 0 Å². The predicted molar refractivity (Wildman–Crippen MR) is 261 cm³/mol. The molecule has 0 N–H and O–H groups in total. The number of hydrogen-bond donors (Lipinski definition) is 0. The Kier molecular flexibility index (Phi) is 14.1. The summed E-state index contributed by atoms with van der Waals surface area (Å²) in [7, 11) is 0. The Labute approximate surface area is 384 Å². The molecule has 9 nitrogen and oxygen atoms in total. The van der Waals surface area contributed by atoms with Gasteiger partial charge in [0.05, 0.1) is 88.1 Å². The highest BCUT2D eigenvalue weighted by molar-refractivity contribution is 6.24. The average molecular weight is 862 g/mol. The average Bonchev–Trinajstić information content (AvgIpc) is 3.82. The van der Waals surface area contributed by atoms with Crippen LogP contribution >= 0.6 is 0 Å². The topological polar surface area (TPSA) is 129 Å². The van der Waals surface area contributed by atoms with Gasteiger partial charge in [-0.2, -0.15) is 10.5 Å². The van der Waals surface area contributed by atoms with Crippen molar-refractivity contribution in [1.29, 1.82) is 10.5 Å². The van der Waals surface area contributed by atoms with Crippen molar-refractivity contribution < 1.29 is 9.47 Å². The van der Waals surface area contributed by atoms with E-state index in [1.807, 2.05) is 97.1 Å². The first kappa shape index (κ1) is 44.9. The number of aliphatic imine (C=N–C) groups is 2. The Morgan fingerprint density at radius 3 is 1.85 bits per heavy atom. The van der Waals surface area contributed by atoms with Crippen LogP contribution in [0.15, 0.2) is 131 Å². The molecule has 8 rings (SSSR count). The van der Waals surface area contributed by atoms with Crippen molar-refractivity contribution >= 4 is 39.1 Å². The van der Waals surface area contributed by atoms with Crippen molar-refractivity contribution in [3.8, 4) is 23.6 Å². The molecule has 9 heteroatoms. The van der Waals surface area contributed by atoms with E-state index in [1.54, 1.807) is 6.20 Å². The second kappa shape index (κ2) is 20.4. The number of benzene rings is 4. The summed E-state index contributed by atoms with van der Waals surface area (Å²) in [6.07, 6.45) is 10.8. The summed E-state index contributed by atoms with van der Waals surface area (Å²) in [6, 6.07) is 40.4. The Morgan fingerprint density at radius 2 is 1.23 bits per heavy atom. The van der Waals surface area contributed by atoms with Crippen LogP contribution in [0, 0.1) is 39.9 Å². The number of para-hydroxylation sites is 3. The second-order valence-electron chi connectivity index (χ2n) is 17.7. The first-order chi connectivity index (χ1) is 31.8. The maximum absolute atomic E-state index is 11.2. The third-order valence-corrected chi connectivity index (χ3v) is 13.5. The summed E-state index contributed by atoms with van der Waals surface area (Å²) >= 11 is 0. The van der Waals surface area contributed by atoms with Crippen molar-refractivity contribution in [2.75, 3.05) is 13.2 Å². The summed E-state index contributed by atoms with van der Waals surface area (Å²) in [5.74, 6) is 0.844. The third-order valence-electron chi connectivity index (χ3n) is 13.5. The smallest absolute Gasteiger partial charge is 0.130 e. The maximum atomic E-state index is 11.2. The first-order valence-corrected chi connectivity index (χ1v) is 23.6. The van der Waals surface area contributed by atoms with Gasteiger partial charge in [-0.25, -0.2) is 4.98 Å². The number of fused-ring (bicyclic) bond motifs is 3. The van der Waals surface area contributed by atoms with Crippen molar-refractivity contribution in [2.24, 2.45) is 27.2 Å². The van der Waals surface area contributed by atoms with Crippen LogP contribution in [0.1, 0.15) is 126 Å². The number of ether oxygens (including phenoxy) is 2. The molecule has 6 atom stereocenters. The summed E-state index contributed by atoms with van der Waals surface area (Å²) in [5.41, 5.74) is 6.76. The number of pyridine rings is 1.